The van der Waals surface area contributed by atoms with Gasteiger partial charge >= 0.3 is 0 Å². The molecule has 0 aliphatic heterocycles. The van der Waals surface area contributed by atoms with Crippen LogP contribution in [0.3, 0.4) is 0 Å². The summed E-state index contributed by atoms with van der Waals surface area (Å²) in [5.74, 6) is 1.67. The number of benzene rings is 1. The molecule has 0 fully saturated rings. The normalized spacial score (nSPS) is 29.3. The van der Waals surface area contributed by atoms with E-state index in [-0.39, 0.29) is 6.10 Å². The zero-order valence-corrected chi connectivity index (χ0v) is 8.71. The minimum absolute atomic E-state index is 0.216. The third-order valence-corrected chi connectivity index (χ3v) is 3.13. The zero-order chi connectivity index (χ0) is 11.0. The second kappa shape index (κ2) is 3.53. The van der Waals surface area contributed by atoms with Gasteiger partial charge in [0, 0.05) is 11.8 Å². The lowest BCUT2D eigenvalue weighted by Crippen LogP contribution is -2.22. The summed E-state index contributed by atoms with van der Waals surface area (Å²) in [5.41, 5.74) is 0.665. The molecule has 3 rings (SSSR count). The smallest absolute Gasteiger partial charge is 0.119 e. The van der Waals surface area contributed by atoms with E-state index in [4.69, 9.17) is 10.00 Å². The second-order valence-corrected chi connectivity index (χ2v) is 4.14. The number of nitriles is 1. The van der Waals surface area contributed by atoms with Crippen LogP contribution in [0.25, 0.3) is 0 Å². The van der Waals surface area contributed by atoms with Crippen molar-refractivity contribution in [1.82, 2.24) is 0 Å². The van der Waals surface area contributed by atoms with Crippen molar-refractivity contribution < 1.29 is 4.74 Å². The predicted molar refractivity (Wildman–Crippen MR) is 60.8 cm³/mol. The van der Waals surface area contributed by atoms with Crippen LogP contribution in [0.15, 0.2) is 48.6 Å². The first-order valence-corrected chi connectivity index (χ1v) is 5.40. The Morgan fingerprint density at radius 2 is 1.50 bits per heavy atom. The van der Waals surface area contributed by atoms with Crippen LogP contribution in [-0.2, 0) is 0 Å². The molecule has 0 heterocycles. The summed E-state index contributed by atoms with van der Waals surface area (Å²) in [5, 5.41) is 8.70. The van der Waals surface area contributed by atoms with E-state index in [1.54, 1.807) is 12.1 Å². The molecule has 0 unspecified atom stereocenters. The molecule has 78 valence electrons. The lowest BCUT2D eigenvalue weighted by atomic mass is 10.1. The monoisotopic (exact) mass is 209 g/mol. The molecular weight excluding hydrogens is 198 g/mol. The van der Waals surface area contributed by atoms with E-state index in [1.807, 2.05) is 12.1 Å². The van der Waals surface area contributed by atoms with Crippen molar-refractivity contribution in [1.29, 1.82) is 5.26 Å². The average Bonchev–Trinajstić information content (AvgIpc) is 2.90. The van der Waals surface area contributed by atoms with E-state index < -0.39 is 0 Å². The average molecular weight is 209 g/mol. The molecule has 1 aromatic carbocycles. The standard InChI is InChI=1S/C14H11NO/c15-9-10-1-7-13(8-2-10)16-14-11-3-4-12(14)6-5-11/h1-8,11-12,14H. The van der Waals surface area contributed by atoms with Gasteiger partial charge in [-0.3, -0.25) is 0 Å². The molecule has 2 heteroatoms. The highest BCUT2D eigenvalue weighted by Gasteiger charge is 2.34. The SMILES string of the molecule is N#Cc1ccc(OC2C3C=CC2C=C3)cc1. The van der Waals surface area contributed by atoms with Gasteiger partial charge in [0.05, 0.1) is 11.6 Å². The first-order valence-electron chi connectivity index (χ1n) is 5.40. The number of hydrogen-bond acceptors (Lipinski definition) is 2. The second-order valence-electron chi connectivity index (χ2n) is 4.14. The van der Waals surface area contributed by atoms with Crippen molar-refractivity contribution in [2.75, 3.05) is 0 Å². The highest BCUT2D eigenvalue weighted by Crippen LogP contribution is 2.36. The van der Waals surface area contributed by atoms with E-state index in [0.717, 1.165) is 5.75 Å². The maximum absolute atomic E-state index is 8.70. The Morgan fingerprint density at radius 3 is 2.00 bits per heavy atom. The van der Waals surface area contributed by atoms with Crippen LogP contribution < -0.4 is 4.74 Å². The molecule has 0 aromatic heterocycles. The molecule has 0 atom stereocenters. The van der Waals surface area contributed by atoms with Gasteiger partial charge in [0.15, 0.2) is 0 Å². The predicted octanol–water partition coefficient (Wildman–Crippen LogP) is 2.68. The number of nitrogens with zero attached hydrogens (tertiary/aromatic N) is 1. The van der Waals surface area contributed by atoms with Gasteiger partial charge in [-0.25, -0.2) is 0 Å². The summed E-state index contributed by atoms with van der Waals surface area (Å²) in [6.45, 7) is 0. The lowest BCUT2D eigenvalue weighted by Gasteiger charge is -2.18. The van der Waals surface area contributed by atoms with Gasteiger partial charge in [-0.05, 0) is 24.3 Å². The third kappa shape index (κ3) is 1.42. The fourth-order valence-corrected chi connectivity index (χ4v) is 2.26. The zero-order valence-electron chi connectivity index (χ0n) is 8.71. The van der Waals surface area contributed by atoms with Gasteiger partial charge in [-0.1, -0.05) is 24.3 Å². The van der Waals surface area contributed by atoms with Crippen LogP contribution in [0.2, 0.25) is 0 Å². The third-order valence-electron chi connectivity index (χ3n) is 3.13. The van der Waals surface area contributed by atoms with E-state index >= 15 is 0 Å². The van der Waals surface area contributed by atoms with Crippen molar-refractivity contribution in [2.45, 2.75) is 6.10 Å². The van der Waals surface area contributed by atoms with Gasteiger partial charge in [-0.15, -0.1) is 0 Å². The number of hydrogen-bond donors (Lipinski definition) is 0. The van der Waals surface area contributed by atoms with Crippen LogP contribution in [0.5, 0.6) is 5.75 Å². The Bertz CT molecular complexity index is 462. The molecule has 2 aliphatic carbocycles. The molecular formula is C14H11NO. The maximum Gasteiger partial charge on any atom is 0.119 e. The Kier molecular flexibility index (Phi) is 2.04. The van der Waals surface area contributed by atoms with Crippen LogP contribution in [0.1, 0.15) is 5.56 Å². The van der Waals surface area contributed by atoms with Gasteiger partial charge in [0.1, 0.15) is 11.9 Å². The maximum atomic E-state index is 8.70. The van der Waals surface area contributed by atoms with Crippen LogP contribution >= 0.6 is 0 Å². The summed E-state index contributed by atoms with van der Waals surface area (Å²) < 4.78 is 5.93. The first-order chi connectivity index (χ1) is 7.86. The van der Waals surface area contributed by atoms with Crippen molar-refractivity contribution in [3.8, 4) is 11.8 Å². The molecule has 16 heavy (non-hydrogen) atoms. The van der Waals surface area contributed by atoms with E-state index in [0.29, 0.717) is 17.4 Å². The van der Waals surface area contributed by atoms with Gasteiger partial charge in [0.25, 0.3) is 0 Å². The molecule has 2 nitrogen and oxygen atoms in total. The largest absolute Gasteiger partial charge is 0.489 e. The fraction of sp³-hybridized carbons (Fsp3) is 0.214. The van der Waals surface area contributed by atoms with E-state index in [9.17, 15) is 0 Å². The van der Waals surface area contributed by atoms with Crippen LogP contribution in [0.4, 0.5) is 0 Å². The summed E-state index contributed by atoms with van der Waals surface area (Å²) in [7, 11) is 0. The quantitative estimate of drug-likeness (QED) is 0.701. The number of ether oxygens (including phenoxy) is 1. The van der Waals surface area contributed by atoms with Crippen molar-refractivity contribution in [3.63, 3.8) is 0 Å². The first kappa shape index (κ1) is 9.23. The topological polar surface area (TPSA) is 33.0 Å². The Morgan fingerprint density at radius 1 is 0.938 bits per heavy atom. The van der Waals surface area contributed by atoms with Crippen LogP contribution in [0, 0.1) is 23.2 Å². The number of rotatable bonds is 2. The summed E-state index contributed by atoms with van der Waals surface area (Å²) in [6, 6.07) is 9.38. The Labute approximate surface area is 94.5 Å². The van der Waals surface area contributed by atoms with Crippen molar-refractivity contribution in [2.24, 2.45) is 11.8 Å². The highest BCUT2D eigenvalue weighted by molar-refractivity contribution is 5.36. The molecule has 0 radical (unpaired) electrons. The van der Waals surface area contributed by atoms with Crippen molar-refractivity contribution >= 4 is 0 Å². The van der Waals surface area contributed by atoms with Gasteiger partial charge in [0.2, 0.25) is 0 Å². The molecule has 2 bridgehead atoms. The van der Waals surface area contributed by atoms with Crippen LogP contribution in [-0.4, -0.2) is 6.10 Å². The Hall–Kier alpha value is -2.01. The molecule has 0 amide bonds. The number of fused-ring (bicyclic) bond motifs is 2. The van der Waals surface area contributed by atoms with Gasteiger partial charge < -0.3 is 4.74 Å². The minimum Gasteiger partial charge on any atom is -0.489 e. The molecule has 0 N–H and O–H groups in total. The molecule has 2 aliphatic rings. The fourth-order valence-electron chi connectivity index (χ4n) is 2.26. The van der Waals surface area contributed by atoms with Gasteiger partial charge in [-0.2, -0.15) is 5.26 Å². The highest BCUT2D eigenvalue weighted by atomic mass is 16.5. The molecule has 0 saturated carbocycles. The molecule has 0 spiro atoms. The minimum atomic E-state index is 0.216. The summed E-state index contributed by atoms with van der Waals surface area (Å²) in [4.78, 5) is 0. The molecule has 1 aromatic rings. The van der Waals surface area contributed by atoms with Crippen molar-refractivity contribution in [3.05, 3.63) is 54.1 Å². The van der Waals surface area contributed by atoms with E-state index in [1.165, 1.54) is 0 Å². The van der Waals surface area contributed by atoms with E-state index in [2.05, 4.69) is 30.4 Å². The summed E-state index contributed by atoms with van der Waals surface area (Å²) >= 11 is 0. The molecule has 0 saturated heterocycles. The lowest BCUT2D eigenvalue weighted by molar-refractivity contribution is 0.173. The summed E-state index contributed by atoms with van der Waals surface area (Å²) in [6.07, 6.45) is 8.99. The Balaban J connectivity index is 1.74.